The van der Waals surface area contributed by atoms with Crippen molar-refractivity contribution >= 4 is 97.3 Å². The molecule has 48 heavy (non-hydrogen) atoms. The van der Waals surface area contributed by atoms with E-state index in [1.54, 1.807) is 0 Å². The van der Waals surface area contributed by atoms with Crippen molar-refractivity contribution in [2.45, 2.75) is 24.7 Å². The zero-order valence-electron chi connectivity index (χ0n) is 23.0. The van der Waals surface area contributed by atoms with Gasteiger partial charge >= 0.3 is 10.1 Å². The van der Waals surface area contributed by atoms with Crippen molar-refractivity contribution < 1.29 is 66.5 Å². The molecule has 0 atom stereocenters. The Bertz CT molecular complexity index is 2570. The van der Waals surface area contributed by atoms with E-state index in [-0.39, 0.29) is 37.8 Å². The van der Waals surface area contributed by atoms with Gasteiger partial charge in [-0.15, -0.1) is 4.33 Å². The van der Waals surface area contributed by atoms with E-state index >= 15 is 0 Å². The Morgan fingerprint density at radius 2 is 1.08 bits per heavy atom. The van der Waals surface area contributed by atoms with E-state index < -0.39 is 72.2 Å². The fourth-order valence-corrected chi connectivity index (χ4v) is 7.32. The Labute approximate surface area is 273 Å². The number of nitrogens with zero attached hydrogens (tertiary/aromatic N) is 3. The summed E-state index contributed by atoms with van der Waals surface area (Å²) in [5.74, 6) is -1.00. The van der Waals surface area contributed by atoms with E-state index in [9.17, 15) is 51.9 Å². The van der Waals surface area contributed by atoms with Crippen LogP contribution in [-0.4, -0.2) is 72.1 Å². The summed E-state index contributed by atoms with van der Waals surface area (Å²) < 4.78 is 138. The Kier molecular flexibility index (Phi) is 9.33. The van der Waals surface area contributed by atoms with Crippen LogP contribution in [0.4, 0.5) is 23.3 Å². The minimum atomic E-state index is -5.06. The van der Waals surface area contributed by atoms with Gasteiger partial charge in [0.05, 0.1) is 16.9 Å². The van der Waals surface area contributed by atoms with Crippen LogP contribution in [0.25, 0.3) is 21.5 Å². The SMILES string of the molecule is O=S(=O)(O)c1cc(S(=O)(=O)O)c2ccc(Nc3nc(Nc4ccc5c(S(=O)(=O)O)cc(SOOO)cc5c4)nc(S(=O)(=O)O)n3)cc2c1. The molecule has 7 N–H and O–H groups in total. The van der Waals surface area contributed by atoms with Crippen LogP contribution in [0.5, 0.6) is 0 Å². The van der Waals surface area contributed by atoms with Gasteiger partial charge in [0.1, 0.15) is 9.79 Å². The molecule has 0 amide bonds. The maximum atomic E-state index is 12.0. The summed E-state index contributed by atoms with van der Waals surface area (Å²) in [6, 6.07) is 11.3. The molecule has 0 saturated heterocycles. The molecule has 0 spiro atoms. The number of aromatic nitrogens is 3. The van der Waals surface area contributed by atoms with Crippen LogP contribution in [0.2, 0.25) is 0 Å². The van der Waals surface area contributed by atoms with Gasteiger partial charge in [0.25, 0.3) is 35.5 Å². The second kappa shape index (κ2) is 12.7. The van der Waals surface area contributed by atoms with Crippen LogP contribution in [0.1, 0.15) is 0 Å². The van der Waals surface area contributed by atoms with E-state index in [0.29, 0.717) is 18.1 Å². The summed E-state index contributed by atoms with van der Waals surface area (Å²) in [7, 11) is -19.7. The fourth-order valence-electron chi connectivity index (χ4n) is 4.29. The highest BCUT2D eigenvalue weighted by atomic mass is 32.2. The summed E-state index contributed by atoms with van der Waals surface area (Å²) in [4.78, 5) is 9.16. The summed E-state index contributed by atoms with van der Waals surface area (Å²) in [6.45, 7) is 0. The monoisotopic (exact) mass is 763 g/mol. The van der Waals surface area contributed by atoms with E-state index in [4.69, 9.17) is 5.26 Å². The fraction of sp³-hybridized carbons (Fsp3) is 0. The van der Waals surface area contributed by atoms with Gasteiger partial charge in [-0.25, -0.2) is 5.26 Å². The summed E-state index contributed by atoms with van der Waals surface area (Å²) in [6.07, 6.45) is 0. The van der Waals surface area contributed by atoms with Gasteiger partial charge in [-0.1, -0.05) is 17.2 Å². The third-order valence-corrected chi connectivity index (χ3v) is 9.97. The van der Waals surface area contributed by atoms with Gasteiger partial charge < -0.3 is 10.6 Å². The predicted octanol–water partition coefficient (Wildman–Crippen LogP) is 3.08. The molecule has 1 heterocycles. The van der Waals surface area contributed by atoms with Crippen molar-refractivity contribution in [1.82, 2.24) is 15.0 Å². The van der Waals surface area contributed by atoms with Crippen LogP contribution < -0.4 is 10.6 Å². The van der Waals surface area contributed by atoms with Crippen molar-refractivity contribution in [2.75, 3.05) is 10.6 Å². The number of fused-ring (bicyclic) bond motifs is 2. The van der Waals surface area contributed by atoms with Gasteiger partial charge in [0.2, 0.25) is 11.9 Å². The minimum Gasteiger partial charge on any atom is -0.324 e. The first kappa shape index (κ1) is 35.2. The number of benzene rings is 4. The summed E-state index contributed by atoms with van der Waals surface area (Å²) in [5.41, 5.74) is 0.113. The largest absolute Gasteiger partial charge is 0.330 e. The quantitative estimate of drug-likeness (QED) is 0.0440. The van der Waals surface area contributed by atoms with Crippen LogP contribution >= 0.6 is 12.0 Å². The zero-order valence-corrected chi connectivity index (χ0v) is 27.1. The highest BCUT2D eigenvalue weighted by molar-refractivity contribution is 7.94. The lowest BCUT2D eigenvalue weighted by Gasteiger charge is -2.12. The molecule has 0 bridgehead atoms. The third-order valence-electron chi connectivity index (χ3n) is 6.15. The maximum absolute atomic E-state index is 12.0. The van der Waals surface area contributed by atoms with Crippen molar-refractivity contribution in [1.29, 1.82) is 0 Å². The topological polar surface area (TPSA) is 319 Å². The summed E-state index contributed by atoms with van der Waals surface area (Å²) in [5, 5.41) is 16.0. The lowest BCUT2D eigenvalue weighted by molar-refractivity contribution is -0.432. The Balaban J connectivity index is 1.57. The van der Waals surface area contributed by atoms with Crippen molar-refractivity contribution in [3.8, 4) is 0 Å². The van der Waals surface area contributed by atoms with Crippen LogP contribution in [0.15, 0.2) is 85.4 Å². The van der Waals surface area contributed by atoms with Gasteiger partial charge in [0, 0.05) is 27.0 Å². The number of rotatable bonds is 11. The lowest BCUT2D eigenvalue weighted by Crippen LogP contribution is -2.11. The molecule has 5 rings (SSSR count). The van der Waals surface area contributed by atoms with Crippen molar-refractivity contribution in [2.24, 2.45) is 0 Å². The predicted molar refractivity (Wildman–Crippen MR) is 164 cm³/mol. The molecule has 0 unspecified atom stereocenters. The number of hydrogen-bond acceptors (Lipinski definition) is 17. The van der Waals surface area contributed by atoms with E-state index in [1.165, 1.54) is 30.3 Å². The Hall–Kier alpha value is -4.12. The molecular weight excluding hydrogens is 747 g/mol. The first-order valence-electron chi connectivity index (χ1n) is 12.2. The molecule has 5 aromatic rings. The average molecular weight is 764 g/mol. The van der Waals surface area contributed by atoms with Gasteiger partial charge in [-0.2, -0.15) is 48.6 Å². The van der Waals surface area contributed by atoms with Crippen molar-refractivity contribution in [3.63, 3.8) is 0 Å². The first-order valence-corrected chi connectivity index (χ1v) is 18.7. The van der Waals surface area contributed by atoms with Crippen LogP contribution in [0.3, 0.4) is 0 Å². The molecule has 0 fully saturated rings. The van der Waals surface area contributed by atoms with E-state index in [0.717, 1.165) is 24.3 Å². The highest BCUT2D eigenvalue weighted by Gasteiger charge is 2.22. The Morgan fingerprint density at radius 3 is 1.54 bits per heavy atom. The average Bonchev–Trinajstić information content (AvgIpc) is 2.96. The zero-order chi connectivity index (χ0) is 35.2. The highest BCUT2D eigenvalue weighted by Crippen LogP contribution is 2.33. The minimum absolute atomic E-state index is 0.00253. The van der Waals surface area contributed by atoms with E-state index in [2.05, 4.69) is 35.0 Å². The molecular formula is C23H17N5O15S5. The third kappa shape index (κ3) is 7.94. The van der Waals surface area contributed by atoms with Gasteiger partial charge in [0.15, 0.2) is 0 Å². The molecule has 0 saturated carbocycles. The molecule has 0 aliphatic rings. The molecule has 20 nitrogen and oxygen atoms in total. The number of nitrogens with one attached hydrogen (secondary N) is 2. The number of hydrogen-bond donors (Lipinski definition) is 7. The molecule has 0 aliphatic heterocycles. The standard InChI is InChI=1S/C23H17N5O15S5/c29-42-43-44-15-7-11-5-13(1-3-17(11)19(9-15)46(33,34)35)24-21-26-22(28-23(27-21)48(39,40)41)25-14-2-4-18-12(6-14)8-16(45(30,31)32)10-20(18)47(36,37)38/h1-10,29H,(H,30,31,32)(H,33,34,35)(H,36,37,38)(H,39,40,41)(H2,24,25,26,27,28). The lowest BCUT2D eigenvalue weighted by atomic mass is 10.1. The molecule has 254 valence electrons. The maximum Gasteiger partial charge on any atom is 0.330 e. The smallest absolute Gasteiger partial charge is 0.324 e. The summed E-state index contributed by atoms with van der Waals surface area (Å²) >= 11 is 0.399. The molecule has 0 aliphatic carbocycles. The second-order valence-electron chi connectivity index (χ2n) is 9.36. The van der Waals surface area contributed by atoms with E-state index in [1.807, 2.05) is 0 Å². The van der Waals surface area contributed by atoms with Gasteiger partial charge in [-0.3, -0.25) is 18.2 Å². The Morgan fingerprint density at radius 1 is 0.583 bits per heavy atom. The van der Waals surface area contributed by atoms with Gasteiger partial charge in [-0.05, 0) is 59.3 Å². The van der Waals surface area contributed by atoms with Crippen LogP contribution in [0, 0.1) is 0 Å². The van der Waals surface area contributed by atoms with Crippen LogP contribution in [-0.2, 0) is 49.8 Å². The molecule has 1 aromatic heterocycles. The molecule has 4 aromatic carbocycles. The second-order valence-corrected chi connectivity index (χ2v) is 15.6. The molecule has 25 heteroatoms. The molecule has 0 radical (unpaired) electrons. The van der Waals surface area contributed by atoms with Crippen molar-refractivity contribution in [3.05, 3.63) is 60.7 Å². The first-order chi connectivity index (χ1) is 22.2. The number of anilines is 4. The normalized spacial score (nSPS) is 12.8.